The highest BCUT2D eigenvalue weighted by atomic mass is 35.5. The summed E-state index contributed by atoms with van der Waals surface area (Å²) in [7, 11) is 1.49. The van der Waals surface area contributed by atoms with Crippen molar-refractivity contribution in [1.29, 1.82) is 0 Å². The average Bonchev–Trinajstić information content (AvgIpc) is 3.22. The summed E-state index contributed by atoms with van der Waals surface area (Å²) in [5.41, 5.74) is 2.07. The van der Waals surface area contributed by atoms with E-state index in [0.29, 0.717) is 24.7 Å². The van der Waals surface area contributed by atoms with E-state index in [4.69, 9.17) is 21.1 Å². The predicted octanol–water partition coefficient (Wildman–Crippen LogP) is 4.35. The van der Waals surface area contributed by atoms with Crippen LogP contribution in [0.3, 0.4) is 0 Å². The first-order valence-corrected chi connectivity index (χ1v) is 12.1. The Hall–Kier alpha value is -2.09. The van der Waals surface area contributed by atoms with E-state index in [1.165, 1.54) is 12.0 Å². The number of fused-ring (bicyclic) bond motifs is 1. The molecule has 0 fully saturated rings. The van der Waals surface area contributed by atoms with Crippen molar-refractivity contribution in [2.24, 2.45) is 5.92 Å². The van der Waals surface area contributed by atoms with Gasteiger partial charge in [-0.05, 0) is 60.0 Å². The summed E-state index contributed by atoms with van der Waals surface area (Å²) >= 11 is 7.84. The summed E-state index contributed by atoms with van der Waals surface area (Å²) in [6, 6.07) is 7.43. The molecular formula is C24H31ClN2O4S. The number of halogens is 1. The molecule has 0 spiro atoms. The van der Waals surface area contributed by atoms with Crippen molar-refractivity contribution < 1.29 is 19.1 Å². The lowest BCUT2D eigenvalue weighted by Crippen LogP contribution is -2.49. The number of benzene rings is 1. The van der Waals surface area contributed by atoms with Crippen LogP contribution in [0.2, 0.25) is 5.02 Å². The zero-order valence-electron chi connectivity index (χ0n) is 19.1. The van der Waals surface area contributed by atoms with Crippen molar-refractivity contribution in [2.45, 2.75) is 33.2 Å². The molecule has 0 saturated heterocycles. The molecule has 174 valence electrons. The van der Waals surface area contributed by atoms with Crippen molar-refractivity contribution in [2.75, 3.05) is 40.0 Å². The van der Waals surface area contributed by atoms with E-state index < -0.39 is 0 Å². The molecule has 0 saturated carbocycles. The minimum atomic E-state index is -0.202. The SMILES string of the molecule is COCC(=O)N(CC(=O)N1CCc2sccc2C1COc1ccc(Cl)c(C)c1)CC(C)C. The topological polar surface area (TPSA) is 59.1 Å². The monoisotopic (exact) mass is 478 g/mol. The molecule has 2 heterocycles. The molecule has 3 rings (SSSR count). The Labute approximate surface area is 199 Å². The van der Waals surface area contributed by atoms with Gasteiger partial charge >= 0.3 is 0 Å². The molecule has 1 aromatic heterocycles. The first-order chi connectivity index (χ1) is 15.3. The smallest absolute Gasteiger partial charge is 0.249 e. The van der Waals surface area contributed by atoms with Crippen LogP contribution in [0.15, 0.2) is 29.6 Å². The molecule has 1 unspecified atom stereocenters. The first kappa shape index (κ1) is 24.6. The van der Waals surface area contributed by atoms with Gasteiger partial charge in [0.05, 0.1) is 12.6 Å². The van der Waals surface area contributed by atoms with Crippen LogP contribution in [0.5, 0.6) is 5.75 Å². The lowest BCUT2D eigenvalue weighted by molar-refractivity contribution is -0.145. The lowest BCUT2D eigenvalue weighted by Gasteiger charge is -2.37. The van der Waals surface area contributed by atoms with Gasteiger partial charge in [0.15, 0.2) is 0 Å². The molecule has 0 bridgehead atoms. The number of thiophene rings is 1. The standard InChI is InChI=1S/C24H31ClN2O4S/c1-16(2)12-26(24(29)15-30-4)13-23(28)27-9-7-22-19(8-10-32-22)21(27)14-31-18-5-6-20(25)17(3)11-18/h5-6,8,10-11,16,21H,7,9,12-15H2,1-4H3. The minimum Gasteiger partial charge on any atom is -0.491 e. The predicted molar refractivity (Wildman–Crippen MR) is 127 cm³/mol. The second-order valence-corrected chi connectivity index (χ2v) is 9.88. The second kappa shape index (κ2) is 11.2. The molecule has 8 heteroatoms. The zero-order valence-corrected chi connectivity index (χ0v) is 20.7. The number of carbonyl (C=O) groups excluding carboxylic acids is 2. The molecule has 0 N–H and O–H groups in total. The van der Waals surface area contributed by atoms with Gasteiger partial charge in [-0.3, -0.25) is 9.59 Å². The lowest BCUT2D eigenvalue weighted by atomic mass is 10.00. The van der Waals surface area contributed by atoms with E-state index in [0.717, 1.165) is 23.3 Å². The fourth-order valence-corrected chi connectivity index (χ4v) is 4.97. The number of aryl methyl sites for hydroxylation is 1. The van der Waals surface area contributed by atoms with Gasteiger partial charge in [-0.15, -0.1) is 11.3 Å². The van der Waals surface area contributed by atoms with Crippen LogP contribution < -0.4 is 4.74 Å². The second-order valence-electron chi connectivity index (χ2n) is 8.48. The highest BCUT2D eigenvalue weighted by Crippen LogP contribution is 2.34. The van der Waals surface area contributed by atoms with Crippen molar-refractivity contribution in [3.05, 3.63) is 50.7 Å². The van der Waals surface area contributed by atoms with E-state index in [9.17, 15) is 9.59 Å². The first-order valence-electron chi connectivity index (χ1n) is 10.8. The van der Waals surface area contributed by atoms with Crippen LogP contribution in [0.4, 0.5) is 0 Å². The highest BCUT2D eigenvalue weighted by molar-refractivity contribution is 7.10. The minimum absolute atomic E-state index is 0.0306. The molecule has 2 amide bonds. The van der Waals surface area contributed by atoms with Crippen LogP contribution in [0.25, 0.3) is 0 Å². The Morgan fingerprint density at radius 2 is 2.09 bits per heavy atom. The van der Waals surface area contributed by atoms with Gasteiger partial charge in [0.1, 0.15) is 19.0 Å². The number of rotatable bonds is 9. The third-order valence-electron chi connectivity index (χ3n) is 5.48. The third-order valence-corrected chi connectivity index (χ3v) is 6.91. The van der Waals surface area contributed by atoms with Crippen molar-refractivity contribution in [1.82, 2.24) is 9.80 Å². The highest BCUT2D eigenvalue weighted by Gasteiger charge is 2.33. The number of amides is 2. The Morgan fingerprint density at radius 3 is 2.78 bits per heavy atom. The van der Waals surface area contributed by atoms with Gasteiger partial charge in [0, 0.05) is 30.1 Å². The number of ether oxygens (including phenoxy) is 2. The molecule has 0 aliphatic carbocycles. The zero-order chi connectivity index (χ0) is 23.3. The maximum atomic E-state index is 13.4. The Kier molecular flexibility index (Phi) is 8.57. The third kappa shape index (κ3) is 6.03. The van der Waals surface area contributed by atoms with E-state index >= 15 is 0 Å². The van der Waals surface area contributed by atoms with Gasteiger partial charge in [-0.1, -0.05) is 25.4 Å². The fourth-order valence-electron chi connectivity index (χ4n) is 3.92. The maximum absolute atomic E-state index is 13.4. The number of hydrogen-bond acceptors (Lipinski definition) is 5. The van der Waals surface area contributed by atoms with Crippen LogP contribution in [0, 0.1) is 12.8 Å². The van der Waals surface area contributed by atoms with Crippen LogP contribution in [0.1, 0.15) is 35.9 Å². The van der Waals surface area contributed by atoms with Crippen molar-refractivity contribution >= 4 is 34.8 Å². The molecule has 32 heavy (non-hydrogen) atoms. The number of methoxy groups -OCH3 is 1. The Bertz CT molecular complexity index is 946. The van der Waals surface area contributed by atoms with Crippen molar-refractivity contribution in [3.8, 4) is 5.75 Å². The molecule has 1 aromatic carbocycles. The number of hydrogen-bond donors (Lipinski definition) is 0. The van der Waals surface area contributed by atoms with E-state index in [2.05, 4.69) is 11.4 Å². The summed E-state index contributed by atoms with van der Waals surface area (Å²) in [4.78, 5) is 30.6. The molecular weight excluding hydrogens is 448 g/mol. The van der Waals surface area contributed by atoms with Crippen molar-refractivity contribution in [3.63, 3.8) is 0 Å². The Balaban J connectivity index is 1.77. The average molecular weight is 479 g/mol. The summed E-state index contributed by atoms with van der Waals surface area (Å²) in [5, 5.41) is 2.75. The van der Waals surface area contributed by atoms with E-state index in [1.54, 1.807) is 16.2 Å². The number of carbonyl (C=O) groups is 2. The fraction of sp³-hybridized carbons (Fsp3) is 0.500. The van der Waals surface area contributed by atoms with Gasteiger partial charge < -0.3 is 19.3 Å². The van der Waals surface area contributed by atoms with Gasteiger partial charge in [0.2, 0.25) is 11.8 Å². The molecule has 1 atom stereocenters. The van der Waals surface area contributed by atoms with Crippen LogP contribution in [-0.2, 0) is 20.7 Å². The summed E-state index contributed by atoms with van der Waals surface area (Å²) < 4.78 is 11.1. The van der Waals surface area contributed by atoms with E-state index in [1.807, 2.05) is 43.9 Å². The molecule has 2 aromatic rings. The summed E-state index contributed by atoms with van der Waals surface area (Å²) in [6.45, 7) is 7.45. The Morgan fingerprint density at radius 1 is 1.31 bits per heavy atom. The van der Waals surface area contributed by atoms with Crippen LogP contribution >= 0.6 is 22.9 Å². The van der Waals surface area contributed by atoms with Gasteiger partial charge in [-0.2, -0.15) is 0 Å². The molecule has 6 nitrogen and oxygen atoms in total. The van der Waals surface area contributed by atoms with E-state index in [-0.39, 0.29) is 36.9 Å². The maximum Gasteiger partial charge on any atom is 0.249 e. The summed E-state index contributed by atoms with van der Waals surface area (Å²) in [5.74, 6) is 0.721. The van der Waals surface area contributed by atoms with Gasteiger partial charge in [0.25, 0.3) is 0 Å². The molecule has 1 aliphatic heterocycles. The quantitative estimate of drug-likeness (QED) is 0.537. The molecule has 1 aliphatic rings. The normalized spacial score (nSPS) is 15.6. The molecule has 0 radical (unpaired) electrons. The van der Waals surface area contributed by atoms with Gasteiger partial charge in [-0.25, -0.2) is 0 Å². The number of nitrogens with zero attached hydrogens (tertiary/aromatic N) is 2. The largest absolute Gasteiger partial charge is 0.491 e. The van der Waals surface area contributed by atoms with Crippen LogP contribution in [-0.4, -0.2) is 61.6 Å². The summed E-state index contributed by atoms with van der Waals surface area (Å²) in [6.07, 6.45) is 0.811.